The van der Waals surface area contributed by atoms with Gasteiger partial charge in [-0.05, 0) is 53.6 Å². The molecule has 6 rings (SSSR count). The third-order valence-corrected chi connectivity index (χ3v) is 7.99. The number of fused-ring (bicyclic) bond motifs is 1. The van der Waals surface area contributed by atoms with Gasteiger partial charge in [0.05, 0.1) is 47.7 Å². The van der Waals surface area contributed by atoms with Crippen molar-refractivity contribution in [3.05, 3.63) is 112 Å². The minimum Gasteiger partial charge on any atom is -0.478 e. The molecule has 0 saturated carbocycles. The van der Waals surface area contributed by atoms with E-state index in [2.05, 4.69) is 9.97 Å². The molecule has 0 bridgehead atoms. The molecule has 0 aliphatic carbocycles. The number of rotatable bonds is 8. The third-order valence-electron chi connectivity index (χ3n) is 7.99. The number of carboxylic acid groups (broad SMARTS) is 1. The number of hydrogen-bond acceptors (Lipinski definition) is 6. The van der Waals surface area contributed by atoms with E-state index in [0.29, 0.717) is 12.2 Å². The number of hydrogen-bond donors (Lipinski definition) is 1. The van der Waals surface area contributed by atoms with Gasteiger partial charge in [-0.3, -0.25) is 0 Å². The van der Waals surface area contributed by atoms with E-state index >= 15 is 13.2 Å². The molecule has 0 amide bonds. The standard InChI is InChI=1S/C34H27F3N4O4/c1-34(2)18-44-17-29(34)41-28-12-22(33(42)43)11-26(37)32(28)40-30(41)13-21-10-25(36)23(14-24(21)35)27-4-3-5-31(39-27)45-16-20-8-6-19(15-38)7-9-20/h3-12,14,29H,13,16-18H2,1-2H3,(H,42,43). The van der Waals surface area contributed by atoms with Crippen LogP contribution in [0.15, 0.2) is 66.7 Å². The van der Waals surface area contributed by atoms with Crippen LogP contribution < -0.4 is 4.74 Å². The molecule has 1 saturated heterocycles. The second kappa shape index (κ2) is 11.7. The van der Waals surface area contributed by atoms with E-state index < -0.39 is 28.8 Å². The highest BCUT2D eigenvalue weighted by Gasteiger charge is 2.39. The lowest BCUT2D eigenvalue weighted by Gasteiger charge is -2.28. The molecular weight excluding hydrogens is 585 g/mol. The predicted octanol–water partition coefficient (Wildman–Crippen LogP) is 6.85. The molecule has 1 fully saturated rings. The highest BCUT2D eigenvalue weighted by atomic mass is 19.1. The largest absolute Gasteiger partial charge is 0.478 e. The highest BCUT2D eigenvalue weighted by molar-refractivity contribution is 5.93. The van der Waals surface area contributed by atoms with Crippen molar-refractivity contribution in [3.8, 4) is 23.2 Å². The summed E-state index contributed by atoms with van der Waals surface area (Å²) in [6.45, 7) is 4.74. The van der Waals surface area contributed by atoms with Crippen LogP contribution in [-0.4, -0.2) is 38.8 Å². The average molecular weight is 613 g/mol. The molecule has 1 unspecified atom stereocenters. The second-order valence-electron chi connectivity index (χ2n) is 11.6. The topological polar surface area (TPSA) is 110 Å². The van der Waals surface area contributed by atoms with Gasteiger partial charge in [-0.15, -0.1) is 0 Å². The number of imidazole rings is 1. The zero-order valence-electron chi connectivity index (χ0n) is 24.4. The van der Waals surface area contributed by atoms with Crippen LogP contribution in [0.1, 0.15) is 52.8 Å². The maximum atomic E-state index is 15.6. The van der Waals surface area contributed by atoms with E-state index in [0.717, 1.165) is 23.8 Å². The van der Waals surface area contributed by atoms with Crippen molar-refractivity contribution in [1.29, 1.82) is 5.26 Å². The number of pyridine rings is 1. The molecule has 45 heavy (non-hydrogen) atoms. The summed E-state index contributed by atoms with van der Waals surface area (Å²) in [5.41, 5.74) is 0.908. The first kappa shape index (κ1) is 29.8. The van der Waals surface area contributed by atoms with Crippen LogP contribution in [0, 0.1) is 34.2 Å². The lowest BCUT2D eigenvalue weighted by Crippen LogP contribution is -2.27. The first-order chi connectivity index (χ1) is 21.5. The number of carboxylic acids is 1. The number of aromatic carboxylic acids is 1. The average Bonchev–Trinajstić information content (AvgIpc) is 3.56. The van der Waals surface area contributed by atoms with Crippen LogP contribution in [0.4, 0.5) is 13.2 Å². The van der Waals surface area contributed by atoms with Crippen molar-refractivity contribution in [3.63, 3.8) is 0 Å². The van der Waals surface area contributed by atoms with E-state index in [4.69, 9.17) is 14.7 Å². The van der Waals surface area contributed by atoms with Crippen molar-refractivity contribution in [2.45, 2.75) is 32.9 Å². The molecule has 0 spiro atoms. The van der Waals surface area contributed by atoms with Gasteiger partial charge in [0, 0.05) is 23.5 Å². The Hall–Kier alpha value is -5.21. The fourth-order valence-electron chi connectivity index (χ4n) is 5.54. The number of nitriles is 1. The Labute approximate surface area is 256 Å². The molecule has 228 valence electrons. The van der Waals surface area contributed by atoms with E-state index in [1.807, 2.05) is 19.9 Å². The predicted molar refractivity (Wildman–Crippen MR) is 158 cm³/mol. The van der Waals surface area contributed by atoms with E-state index in [1.165, 1.54) is 12.1 Å². The van der Waals surface area contributed by atoms with Gasteiger partial charge < -0.3 is 19.1 Å². The van der Waals surface area contributed by atoms with Crippen LogP contribution in [0.2, 0.25) is 0 Å². The Bertz CT molecular complexity index is 1980. The zero-order valence-corrected chi connectivity index (χ0v) is 24.4. The van der Waals surface area contributed by atoms with Gasteiger partial charge in [-0.2, -0.15) is 5.26 Å². The van der Waals surface area contributed by atoms with Crippen molar-refractivity contribution < 1.29 is 32.5 Å². The van der Waals surface area contributed by atoms with E-state index in [-0.39, 0.29) is 70.8 Å². The minimum atomic E-state index is -1.30. The van der Waals surface area contributed by atoms with E-state index in [9.17, 15) is 9.90 Å². The molecule has 8 nitrogen and oxygen atoms in total. The number of ether oxygens (including phenoxy) is 2. The number of halogens is 3. The summed E-state index contributed by atoms with van der Waals surface area (Å²) >= 11 is 0. The van der Waals surface area contributed by atoms with Crippen LogP contribution in [-0.2, 0) is 17.8 Å². The van der Waals surface area contributed by atoms with Crippen LogP contribution in [0.5, 0.6) is 5.88 Å². The maximum absolute atomic E-state index is 15.6. The van der Waals surface area contributed by atoms with Crippen LogP contribution in [0.3, 0.4) is 0 Å². The van der Waals surface area contributed by atoms with Crippen molar-refractivity contribution in [2.75, 3.05) is 13.2 Å². The first-order valence-electron chi connectivity index (χ1n) is 14.1. The van der Waals surface area contributed by atoms with Gasteiger partial charge in [0.15, 0.2) is 5.82 Å². The molecule has 1 aliphatic rings. The Morgan fingerprint density at radius 1 is 1.07 bits per heavy atom. The Kier molecular flexibility index (Phi) is 7.76. The normalized spacial score (nSPS) is 15.7. The van der Waals surface area contributed by atoms with Crippen molar-refractivity contribution >= 4 is 17.0 Å². The van der Waals surface area contributed by atoms with E-state index in [1.54, 1.807) is 41.0 Å². The number of nitrogens with zero attached hydrogens (tertiary/aromatic N) is 4. The first-order valence-corrected chi connectivity index (χ1v) is 14.1. The van der Waals surface area contributed by atoms with Gasteiger partial charge in [-0.1, -0.05) is 32.0 Å². The maximum Gasteiger partial charge on any atom is 0.335 e. The van der Waals surface area contributed by atoms with Gasteiger partial charge in [-0.25, -0.2) is 27.9 Å². The van der Waals surface area contributed by atoms with Gasteiger partial charge in [0.2, 0.25) is 5.88 Å². The molecule has 5 aromatic rings. The van der Waals surface area contributed by atoms with Gasteiger partial charge >= 0.3 is 5.97 Å². The molecule has 0 radical (unpaired) electrons. The van der Waals surface area contributed by atoms with Gasteiger partial charge in [0.25, 0.3) is 0 Å². The summed E-state index contributed by atoms with van der Waals surface area (Å²) in [5, 5.41) is 18.5. The summed E-state index contributed by atoms with van der Waals surface area (Å²) in [4.78, 5) is 20.5. The molecule has 2 aromatic heterocycles. The summed E-state index contributed by atoms with van der Waals surface area (Å²) in [5.74, 6) is -3.11. The summed E-state index contributed by atoms with van der Waals surface area (Å²) in [7, 11) is 0. The number of benzene rings is 3. The molecule has 3 aromatic carbocycles. The van der Waals surface area contributed by atoms with Crippen LogP contribution in [0.25, 0.3) is 22.3 Å². The number of aromatic nitrogens is 3. The minimum absolute atomic E-state index is 0.0170. The third kappa shape index (κ3) is 5.84. The monoisotopic (exact) mass is 612 g/mol. The molecule has 1 atom stereocenters. The Balaban J connectivity index is 1.32. The molecule has 1 aliphatic heterocycles. The zero-order chi connectivity index (χ0) is 31.9. The number of carbonyl (C=O) groups is 1. The molecule has 3 heterocycles. The summed E-state index contributed by atoms with van der Waals surface area (Å²) < 4.78 is 59.4. The fraction of sp³-hybridized carbons (Fsp3) is 0.235. The quantitative estimate of drug-likeness (QED) is 0.204. The second-order valence-corrected chi connectivity index (χ2v) is 11.6. The van der Waals surface area contributed by atoms with Crippen molar-refractivity contribution in [1.82, 2.24) is 14.5 Å². The lowest BCUT2D eigenvalue weighted by molar-refractivity contribution is 0.0696. The summed E-state index contributed by atoms with van der Waals surface area (Å²) in [6, 6.07) is 17.7. The molecule has 11 heteroatoms. The summed E-state index contributed by atoms with van der Waals surface area (Å²) in [6.07, 6.45) is -0.187. The highest BCUT2D eigenvalue weighted by Crippen LogP contribution is 2.41. The van der Waals surface area contributed by atoms with Crippen molar-refractivity contribution in [2.24, 2.45) is 5.41 Å². The molecular formula is C34H27F3N4O4. The molecule has 1 N–H and O–H groups in total. The SMILES string of the molecule is CC1(C)COCC1n1c(Cc2cc(F)c(-c3cccc(OCc4ccc(C#N)cc4)n3)cc2F)nc2c(F)cc(C(=O)O)cc21. The van der Waals surface area contributed by atoms with Crippen LogP contribution >= 0.6 is 0 Å². The fourth-order valence-corrected chi connectivity index (χ4v) is 5.54. The lowest BCUT2D eigenvalue weighted by atomic mass is 9.87. The Morgan fingerprint density at radius 2 is 1.84 bits per heavy atom. The van der Waals surface area contributed by atoms with Gasteiger partial charge in [0.1, 0.15) is 29.6 Å². The Morgan fingerprint density at radius 3 is 2.53 bits per heavy atom. The smallest absolute Gasteiger partial charge is 0.335 e.